The van der Waals surface area contributed by atoms with Crippen molar-refractivity contribution in [3.8, 4) is 0 Å². The Morgan fingerprint density at radius 1 is 0.938 bits per heavy atom. The van der Waals surface area contributed by atoms with Crippen molar-refractivity contribution in [2.24, 2.45) is 0 Å². The van der Waals surface area contributed by atoms with Gasteiger partial charge in [-0.05, 0) is 19.1 Å². The van der Waals surface area contributed by atoms with E-state index in [4.69, 9.17) is 0 Å². The second kappa shape index (κ2) is 8.10. The van der Waals surface area contributed by atoms with Crippen LogP contribution in [-0.2, 0) is 4.79 Å². The van der Waals surface area contributed by atoms with Gasteiger partial charge in [-0.15, -0.1) is 0 Å². The van der Waals surface area contributed by atoms with Crippen molar-refractivity contribution in [3.05, 3.63) is 70.9 Å². The molecule has 0 saturated carbocycles. The lowest BCUT2D eigenvalue weighted by atomic mass is 10.0. The number of ketones is 1. The first kappa shape index (κ1) is 21.5. The van der Waals surface area contributed by atoms with Gasteiger partial charge in [-0.2, -0.15) is 0 Å². The van der Waals surface area contributed by atoms with Crippen molar-refractivity contribution in [1.82, 2.24) is 14.8 Å². The Morgan fingerprint density at radius 2 is 1.59 bits per heavy atom. The number of aromatic amines is 1. The molecule has 0 bridgehead atoms. The Kier molecular flexibility index (Phi) is 5.45. The fourth-order valence-electron chi connectivity index (χ4n) is 3.87. The Bertz CT molecular complexity index is 1240. The molecule has 1 atom stereocenters. The molecule has 1 fully saturated rings. The van der Waals surface area contributed by atoms with Crippen LogP contribution in [0.5, 0.6) is 0 Å². The lowest BCUT2D eigenvalue weighted by Crippen LogP contribution is -2.56. The van der Waals surface area contributed by atoms with Crippen molar-refractivity contribution in [1.29, 1.82) is 0 Å². The van der Waals surface area contributed by atoms with Gasteiger partial charge in [-0.25, -0.2) is 17.6 Å². The second-order valence-electron chi connectivity index (χ2n) is 7.50. The number of carbonyl (C=O) groups is 3. The lowest BCUT2D eigenvalue weighted by molar-refractivity contribution is -0.130. The van der Waals surface area contributed by atoms with Crippen LogP contribution in [0.1, 0.15) is 27.6 Å². The van der Waals surface area contributed by atoms with Crippen LogP contribution in [0.25, 0.3) is 10.9 Å². The van der Waals surface area contributed by atoms with Crippen LogP contribution in [0.4, 0.5) is 17.6 Å². The van der Waals surface area contributed by atoms with Crippen LogP contribution >= 0.6 is 0 Å². The third kappa shape index (κ3) is 3.41. The smallest absolute Gasteiger partial charge is 0.295 e. The Labute approximate surface area is 179 Å². The standard InChI is InChI=1S/C22H17F4N3O3/c1-11-10-28(21(31)12-5-3-2-4-6-12)7-8-29(11)22(32)20(30)13-9-27-19-14(13)15(23)16(24)17(25)18(19)26/h2-6,9,11,27H,7-8,10H2,1H3/t11-/m1/s1. The van der Waals surface area contributed by atoms with Crippen LogP contribution in [0, 0.1) is 23.3 Å². The van der Waals surface area contributed by atoms with Crippen molar-refractivity contribution < 1.29 is 31.9 Å². The van der Waals surface area contributed by atoms with E-state index in [-0.39, 0.29) is 25.5 Å². The zero-order chi connectivity index (χ0) is 23.2. The molecule has 2 amide bonds. The van der Waals surface area contributed by atoms with E-state index in [1.54, 1.807) is 42.2 Å². The molecule has 1 N–H and O–H groups in total. The van der Waals surface area contributed by atoms with Gasteiger partial charge < -0.3 is 14.8 Å². The van der Waals surface area contributed by atoms with Crippen LogP contribution < -0.4 is 0 Å². The molecule has 32 heavy (non-hydrogen) atoms. The lowest BCUT2D eigenvalue weighted by Gasteiger charge is -2.39. The average Bonchev–Trinajstić information content (AvgIpc) is 3.26. The zero-order valence-corrected chi connectivity index (χ0v) is 16.8. The molecule has 1 saturated heterocycles. The minimum Gasteiger partial charge on any atom is -0.358 e. The number of benzene rings is 2. The Balaban J connectivity index is 1.56. The number of rotatable bonds is 3. The monoisotopic (exact) mass is 447 g/mol. The number of aromatic nitrogens is 1. The van der Waals surface area contributed by atoms with Gasteiger partial charge >= 0.3 is 0 Å². The molecular weight excluding hydrogens is 430 g/mol. The van der Waals surface area contributed by atoms with Crippen molar-refractivity contribution in [2.45, 2.75) is 13.0 Å². The number of nitrogens with one attached hydrogen (secondary N) is 1. The first-order chi connectivity index (χ1) is 15.2. The van der Waals surface area contributed by atoms with Gasteiger partial charge in [0.2, 0.25) is 0 Å². The number of hydrogen-bond acceptors (Lipinski definition) is 3. The highest BCUT2D eigenvalue weighted by Crippen LogP contribution is 2.29. The van der Waals surface area contributed by atoms with E-state index in [0.717, 1.165) is 6.20 Å². The molecule has 4 rings (SSSR count). The van der Waals surface area contributed by atoms with E-state index in [0.29, 0.717) is 5.56 Å². The zero-order valence-electron chi connectivity index (χ0n) is 16.8. The first-order valence-corrected chi connectivity index (χ1v) is 9.75. The second-order valence-corrected chi connectivity index (χ2v) is 7.50. The minimum absolute atomic E-state index is 0.0342. The highest BCUT2D eigenvalue weighted by atomic mass is 19.2. The van der Waals surface area contributed by atoms with E-state index in [1.165, 1.54) is 4.90 Å². The van der Waals surface area contributed by atoms with Gasteiger partial charge in [0.15, 0.2) is 23.3 Å². The normalized spacial score (nSPS) is 16.5. The molecule has 166 valence electrons. The number of carbonyl (C=O) groups excluding carboxylic acids is 3. The summed E-state index contributed by atoms with van der Waals surface area (Å²) >= 11 is 0. The fourth-order valence-corrected chi connectivity index (χ4v) is 3.87. The highest BCUT2D eigenvalue weighted by molar-refractivity contribution is 6.45. The van der Waals surface area contributed by atoms with E-state index in [2.05, 4.69) is 4.98 Å². The van der Waals surface area contributed by atoms with Crippen LogP contribution in [0.15, 0.2) is 36.5 Å². The predicted molar refractivity (Wildman–Crippen MR) is 106 cm³/mol. The third-order valence-electron chi connectivity index (χ3n) is 5.53. The topological polar surface area (TPSA) is 73.5 Å². The number of halogens is 4. The summed E-state index contributed by atoms with van der Waals surface area (Å²) < 4.78 is 55.3. The summed E-state index contributed by atoms with van der Waals surface area (Å²) in [5.74, 6) is -9.98. The molecule has 2 heterocycles. The largest absolute Gasteiger partial charge is 0.358 e. The highest BCUT2D eigenvalue weighted by Gasteiger charge is 2.35. The summed E-state index contributed by atoms with van der Waals surface area (Å²) in [5, 5.41) is -0.828. The van der Waals surface area contributed by atoms with Crippen molar-refractivity contribution in [3.63, 3.8) is 0 Å². The SMILES string of the molecule is C[C@@H]1CN(C(=O)c2ccccc2)CCN1C(=O)C(=O)c1c[nH]c2c(F)c(F)c(F)c(F)c12. The van der Waals surface area contributed by atoms with Gasteiger partial charge in [0.25, 0.3) is 17.6 Å². The molecule has 1 aromatic heterocycles. The number of Topliss-reactive ketones (excluding diaryl/α,β-unsaturated/α-hetero) is 1. The summed E-state index contributed by atoms with van der Waals surface area (Å²) in [6.45, 7) is 1.99. The minimum atomic E-state index is -2.07. The van der Waals surface area contributed by atoms with E-state index in [9.17, 15) is 31.9 Å². The quantitative estimate of drug-likeness (QED) is 0.220. The maximum atomic E-state index is 14.3. The molecule has 1 aliphatic rings. The molecule has 0 unspecified atom stereocenters. The molecule has 0 spiro atoms. The maximum absolute atomic E-state index is 14.3. The average molecular weight is 447 g/mol. The van der Waals surface area contributed by atoms with Crippen molar-refractivity contribution in [2.75, 3.05) is 19.6 Å². The van der Waals surface area contributed by atoms with Gasteiger partial charge in [-0.1, -0.05) is 18.2 Å². The molecule has 1 aliphatic heterocycles. The predicted octanol–water partition coefficient (Wildman–Crippen LogP) is 3.28. The van der Waals surface area contributed by atoms with Gasteiger partial charge in [-0.3, -0.25) is 14.4 Å². The van der Waals surface area contributed by atoms with Gasteiger partial charge in [0.05, 0.1) is 16.5 Å². The van der Waals surface area contributed by atoms with E-state index in [1.807, 2.05) is 0 Å². The number of amides is 2. The van der Waals surface area contributed by atoms with Crippen LogP contribution in [0.2, 0.25) is 0 Å². The summed E-state index contributed by atoms with van der Waals surface area (Å²) in [5.41, 5.74) is -0.861. The summed E-state index contributed by atoms with van der Waals surface area (Å²) in [7, 11) is 0. The van der Waals surface area contributed by atoms with Crippen LogP contribution in [0.3, 0.4) is 0 Å². The molecule has 2 aromatic carbocycles. The van der Waals surface area contributed by atoms with Crippen LogP contribution in [-0.4, -0.2) is 58.1 Å². The molecule has 0 aliphatic carbocycles. The summed E-state index contributed by atoms with van der Waals surface area (Å²) in [4.78, 5) is 43.2. The number of fused-ring (bicyclic) bond motifs is 1. The van der Waals surface area contributed by atoms with Gasteiger partial charge in [0.1, 0.15) is 0 Å². The molecule has 3 aromatic rings. The number of hydrogen-bond donors (Lipinski definition) is 1. The number of H-pyrrole nitrogens is 1. The molecule has 10 heteroatoms. The van der Waals surface area contributed by atoms with Crippen molar-refractivity contribution >= 4 is 28.5 Å². The Hall–Kier alpha value is -3.69. The molecule has 0 radical (unpaired) electrons. The first-order valence-electron chi connectivity index (χ1n) is 9.75. The fraction of sp³-hybridized carbons (Fsp3) is 0.227. The summed E-state index contributed by atoms with van der Waals surface area (Å²) in [6.07, 6.45) is 0.843. The third-order valence-corrected chi connectivity index (χ3v) is 5.53. The summed E-state index contributed by atoms with van der Waals surface area (Å²) in [6, 6.07) is 8.02. The molecular formula is C22H17F4N3O3. The van der Waals surface area contributed by atoms with Gasteiger partial charge in [0, 0.05) is 37.4 Å². The number of piperazine rings is 1. The number of nitrogens with zero attached hydrogens (tertiary/aromatic N) is 2. The van der Waals surface area contributed by atoms with E-state index >= 15 is 0 Å². The Morgan fingerprint density at radius 3 is 2.25 bits per heavy atom. The molecule has 6 nitrogen and oxygen atoms in total. The maximum Gasteiger partial charge on any atom is 0.295 e. The van der Waals surface area contributed by atoms with E-state index < -0.39 is 57.5 Å².